The molecule has 0 aliphatic heterocycles. The lowest BCUT2D eigenvalue weighted by Crippen LogP contribution is -2.28. The minimum Gasteiger partial charge on any atom is -0.356 e. The van der Waals surface area contributed by atoms with E-state index >= 15 is 0 Å². The molecule has 0 aliphatic carbocycles. The van der Waals surface area contributed by atoms with Crippen molar-refractivity contribution in [3.05, 3.63) is 11.8 Å². The monoisotopic (exact) mass is 279 g/mol. The molecule has 5 heteroatoms. The number of hydrogen-bond donors (Lipinski definition) is 1. The maximum absolute atomic E-state index is 4.67. The summed E-state index contributed by atoms with van der Waals surface area (Å²) in [5.74, 6) is 1.79. The van der Waals surface area contributed by atoms with Crippen LogP contribution in [0.15, 0.2) is 6.20 Å². The zero-order chi connectivity index (χ0) is 15.0. The summed E-state index contributed by atoms with van der Waals surface area (Å²) in [6, 6.07) is 0. The molecule has 0 radical (unpaired) electrons. The van der Waals surface area contributed by atoms with Gasteiger partial charge in [0.15, 0.2) is 0 Å². The third-order valence-corrected chi connectivity index (χ3v) is 3.19. The lowest BCUT2D eigenvalue weighted by molar-refractivity contribution is 0.400. The standard InChI is InChI=1S/C15H29N5/c1-6-9-16-15-17-12-13(3)14(18-15)20(7-2)11-8-10-19(4)5/h12H,6-11H2,1-5H3,(H,16,17,18). The van der Waals surface area contributed by atoms with Gasteiger partial charge in [-0.2, -0.15) is 4.98 Å². The molecule has 0 spiro atoms. The van der Waals surface area contributed by atoms with Crippen molar-refractivity contribution in [2.45, 2.75) is 33.6 Å². The lowest BCUT2D eigenvalue weighted by atomic mass is 10.3. The van der Waals surface area contributed by atoms with Gasteiger partial charge in [-0.25, -0.2) is 4.98 Å². The van der Waals surface area contributed by atoms with Crippen LogP contribution < -0.4 is 10.2 Å². The Kier molecular flexibility index (Phi) is 7.30. The molecule has 1 aromatic heterocycles. The van der Waals surface area contributed by atoms with Gasteiger partial charge in [-0.3, -0.25) is 0 Å². The molecule has 0 saturated carbocycles. The summed E-state index contributed by atoms with van der Waals surface area (Å²) in [6.45, 7) is 10.4. The third kappa shape index (κ3) is 5.33. The van der Waals surface area contributed by atoms with E-state index < -0.39 is 0 Å². The van der Waals surface area contributed by atoms with Crippen molar-refractivity contribution < 1.29 is 0 Å². The molecule has 0 unspecified atom stereocenters. The third-order valence-electron chi connectivity index (χ3n) is 3.19. The van der Waals surface area contributed by atoms with Crippen molar-refractivity contribution in [3.63, 3.8) is 0 Å². The minimum absolute atomic E-state index is 0.735. The number of aryl methyl sites for hydroxylation is 1. The highest BCUT2D eigenvalue weighted by Gasteiger charge is 2.11. The van der Waals surface area contributed by atoms with Crippen LogP contribution in [0.1, 0.15) is 32.3 Å². The van der Waals surface area contributed by atoms with Gasteiger partial charge < -0.3 is 15.1 Å². The first-order chi connectivity index (χ1) is 9.58. The van der Waals surface area contributed by atoms with Gasteiger partial charge in [0, 0.05) is 31.4 Å². The van der Waals surface area contributed by atoms with Gasteiger partial charge in [0.2, 0.25) is 5.95 Å². The number of nitrogens with one attached hydrogen (secondary N) is 1. The Morgan fingerprint density at radius 3 is 2.55 bits per heavy atom. The highest BCUT2D eigenvalue weighted by Crippen LogP contribution is 2.18. The van der Waals surface area contributed by atoms with Crippen LogP contribution in [0.25, 0.3) is 0 Å². The lowest BCUT2D eigenvalue weighted by Gasteiger charge is -2.24. The topological polar surface area (TPSA) is 44.3 Å². The van der Waals surface area contributed by atoms with Crippen LogP contribution in [0, 0.1) is 6.92 Å². The molecule has 1 heterocycles. The first kappa shape index (κ1) is 16.7. The predicted molar refractivity (Wildman–Crippen MR) is 86.6 cm³/mol. The van der Waals surface area contributed by atoms with Gasteiger partial charge in [0.05, 0.1) is 0 Å². The highest BCUT2D eigenvalue weighted by atomic mass is 15.2. The van der Waals surface area contributed by atoms with Crippen molar-refractivity contribution in [1.82, 2.24) is 14.9 Å². The molecule has 0 aliphatic rings. The summed E-state index contributed by atoms with van der Waals surface area (Å²) in [7, 11) is 4.22. The smallest absolute Gasteiger partial charge is 0.224 e. The molecule has 0 fully saturated rings. The van der Waals surface area contributed by atoms with Gasteiger partial charge in [-0.05, 0) is 47.3 Å². The number of rotatable bonds is 9. The molecule has 1 aromatic rings. The van der Waals surface area contributed by atoms with Crippen molar-refractivity contribution in [1.29, 1.82) is 0 Å². The molecule has 20 heavy (non-hydrogen) atoms. The van der Waals surface area contributed by atoms with Crippen LogP contribution in [-0.4, -0.2) is 55.1 Å². The summed E-state index contributed by atoms with van der Waals surface area (Å²) in [5.41, 5.74) is 1.14. The summed E-state index contributed by atoms with van der Waals surface area (Å²) < 4.78 is 0. The Bertz CT molecular complexity index is 392. The van der Waals surface area contributed by atoms with Crippen molar-refractivity contribution in [2.75, 3.05) is 50.5 Å². The maximum atomic E-state index is 4.67. The molecule has 0 aromatic carbocycles. The van der Waals surface area contributed by atoms with E-state index in [0.717, 1.165) is 56.4 Å². The van der Waals surface area contributed by atoms with E-state index in [1.807, 2.05) is 6.20 Å². The van der Waals surface area contributed by atoms with Gasteiger partial charge in [-0.15, -0.1) is 0 Å². The van der Waals surface area contributed by atoms with Crippen LogP contribution in [0.3, 0.4) is 0 Å². The van der Waals surface area contributed by atoms with E-state index in [1.165, 1.54) is 0 Å². The molecular formula is C15H29N5. The fourth-order valence-electron chi connectivity index (χ4n) is 2.07. The molecule has 114 valence electrons. The predicted octanol–water partition coefficient (Wildman–Crippen LogP) is 2.38. The molecule has 0 saturated heterocycles. The first-order valence-corrected chi connectivity index (χ1v) is 7.55. The second kappa shape index (κ2) is 8.74. The van der Waals surface area contributed by atoms with Gasteiger partial charge in [0.1, 0.15) is 5.82 Å². The fourth-order valence-corrected chi connectivity index (χ4v) is 2.07. The van der Waals surface area contributed by atoms with E-state index in [-0.39, 0.29) is 0 Å². The largest absolute Gasteiger partial charge is 0.356 e. The normalized spacial score (nSPS) is 10.9. The molecule has 5 nitrogen and oxygen atoms in total. The van der Waals surface area contributed by atoms with Gasteiger partial charge in [0.25, 0.3) is 0 Å². The van der Waals surface area contributed by atoms with Crippen LogP contribution in [0.2, 0.25) is 0 Å². The highest BCUT2D eigenvalue weighted by molar-refractivity contribution is 5.48. The van der Waals surface area contributed by atoms with E-state index in [0.29, 0.717) is 0 Å². The summed E-state index contributed by atoms with van der Waals surface area (Å²) in [6.07, 6.45) is 4.13. The molecule has 1 N–H and O–H groups in total. The first-order valence-electron chi connectivity index (χ1n) is 7.55. The summed E-state index contributed by atoms with van der Waals surface area (Å²) in [4.78, 5) is 13.6. The zero-order valence-corrected chi connectivity index (χ0v) is 13.6. The van der Waals surface area contributed by atoms with E-state index in [4.69, 9.17) is 0 Å². The van der Waals surface area contributed by atoms with E-state index in [9.17, 15) is 0 Å². The molecule has 0 bridgehead atoms. The summed E-state index contributed by atoms with van der Waals surface area (Å²) in [5, 5.41) is 3.26. The fraction of sp³-hybridized carbons (Fsp3) is 0.733. The Labute approximate surface area is 123 Å². The number of aromatic nitrogens is 2. The molecule has 0 amide bonds. The number of hydrogen-bond acceptors (Lipinski definition) is 5. The molecular weight excluding hydrogens is 250 g/mol. The van der Waals surface area contributed by atoms with Crippen molar-refractivity contribution in [3.8, 4) is 0 Å². The maximum Gasteiger partial charge on any atom is 0.224 e. The SMILES string of the molecule is CCCNc1ncc(C)c(N(CC)CCCN(C)C)n1. The average Bonchev–Trinajstić information content (AvgIpc) is 2.43. The molecule has 0 atom stereocenters. The quantitative estimate of drug-likeness (QED) is 0.752. The minimum atomic E-state index is 0.735. The molecule has 1 rings (SSSR count). The van der Waals surface area contributed by atoms with Crippen LogP contribution in [0.5, 0.6) is 0 Å². The van der Waals surface area contributed by atoms with E-state index in [1.54, 1.807) is 0 Å². The Morgan fingerprint density at radius 1 is 1.20 bits per heavy atom. The van der Waals surface area contributed by atoms with Gasteiger partial charge >= 0.3 is 0 Å². The van der Waals surface area contributed by atoms with Crippen LogP contribution in [0.4, 0.5) is 11.8 Å². The number of anilines is 2. The Balaban J connectivity index is 2.73. The summed E-state index contributed by atoms with van der Waals surface area (Å²) >= 11 is 0. The van der Waals surface area contributed by atoms with Crippen LogP contribution >= 0.6 is 0 Å². The Hall–Kier alpha value is -1.36. The van der Waals surface area contributed by atoms with Crippen LogP contribution in [-0.2, 0) is 0 Å². The van der Waals surface area contributed by atoms with Crippen molar-refractivity contribution >= 4 is 11.8 Å². The van der Waals surface area contributed by atoms with E-state index in [2.05, 4.69) is 60.0 Å². The van der Waals surface area contributed by atoms with Gasteiger partial charge in [-0.1, -0.05) is 6.92 Å². The Morgan fingerprint density at radius 2 is 1.95 bits per heavy atom. The zero-order valence-electron chi connectivity index (χ0n) is 13.6. The average molecular weight is 279 g/mol. The van der Waals surface area contributed by atoms with Crippen molar-refractivity contribution in [2.24, 2.45) is 0 Å². The second-order valence-electron chi connectivity index (χ2n) is 5.36. The second-order valence-corrected chi connectivity index (χ2v) is 5.36. The number of nitrogens with zero attached hydrogens (tertiary/aromatic N) is 4.